The molecule has 4 rings (SSSR count). The van der Waals surface area contributed by atoms with Crippen LogP contribution in [-0.4, -0.2) is 66.9 Å². The Hall–Kier alpha value is -3.46. The Morgan fingerprint density at radius 2 is 2.08 bits per heavy atom. The van der Waals surface area contributed by atoms with Crippen molar-refractivity contribution in [1.82, 2.24) is 26.1 Å². The first-order chi connectivity index (χ1) is 18.2. The molecule has 0 radical (unpaired) electrons. The van der Waals surface area contributed by atoms with Gasteiger partial charge in [0, 0.05) is 19.5 Å². The van der Waals surface area contributed by atoms with Crippen LogP contribution in [0.4, 0.5) is 10.1 Å². The summed E-state index contributed by atoms with van der Waals surface area (Å²) in [6, 6.07) is 7.68. The minimum Gasteiger partial charge on any atom is -0.469 e. The molecule has 0 saturated heterocycles. The van der Waals surface area contributed by atoms with Crippen LogP contribution in [0.25, 0.3) is 10.9 Å². The molecule has 2 amide bonds. The Labute approximate surface area is 235 Å². The lowest BCUT2D eigenvalue weighted by Crippen LogP contribution is -2.41. The molecule has 38 heavy (non-hydrogen) atoms. The van der Waals surface area contributed by atoms with E-state index in [0.717, 1.165) is 3.57 Å². The summed E-state index contributed by atoms with van der Waals surface area (Å²) in [5.74, 6) is -1.15. The van der Waals surface area contributed by atoms with Gasteiger partial charge >= 0.3 is 5.97 Å². The summed E-state index contributed by atoms with van der Waals surface area (Å²) in [6.07, 6.45) is 0.415. The summed E-state index contributed by atoms with van der Waals surface area (Å²) in [4.78, 5) is 41.7. The second-order valence-corrected chi connectivity index (χ2v) is 10.1. The van der Waals surface area contributed by atoms with Crippen LogP contribution >= 0.6 is 34.2 Å². The van der Waals surface area contributed by atoms with Gasteiger partial charge in [0.25, 0.3) is 5.91 Å². The van der Waals surface area contributed by atoms with Crippen molar-refractivity contribution in [3.8, 4) is 0 Å². The Kier molecular flexibility index (Phi) is 8.99. The Balaban J connectivity index is 1.44. The number of halogens is 3. The van der Waals surface area contributed by atoms with Gasteiger partial charge in [-0.3, -0.25) is 19.5 Å². The number of aromatic nitrogens is 2. The van der Waals surface area contributed by atoms with Gasteiger partial charge in [-0.25, -0.2) is 9.38 Å². The summed E-state index contributed by atoms with van der Waals surface area (Å²) in [6.45, 7) is -0.185. The van der Waals surface area contributed by atoms with Gasteiger partial charge in [-0.05, 0) is 58.5 Å². The fourth-order valence-corrected chi connectivity index (χ4v) is 4.92. The molecule has 0 saturated carbocycles. The van der Waals surface area contributed by atoms with Crippen molar-refractivity contribution in [2.45, 2.75) is 18.6 Å². The van der Waals surface area contributed by atoms with Crippen LogP contribution in [-0.2, 0) is 14.3 Å². The van der Waals surface area contributed by atoms with Gasteiger partial charge in [0.1, 0.15) is 6.17 Å². The fraction of sp³-hybridized carbons (Fsp3) is 0.292. The number of rotatable bonds is 8. The molecular formula is C24H24ClFIN7O4. The van der Waals surface area contributed by atoms with Gasteiger partial charge in [-0.15, -0.1) is 0 Å². The zero-order valence-corrected chi connectivity index (χ0v) is 23.0. The number of amides is 2. The molecule has 0 bridgehead atoms. The number of esters is 1. The van der Waals surface area contributed by atoms with Gasteiger partial charge < -0.3 is 26.0 Å². The van der Waals surface area contributed by atoms with Gasteiger partial charge in [-0.1, -0.05) is 11.6 Å². The lowest BCUT2D eigenvalue weighted by molar-refractivity contribution is -0.141. The predicted molar refractivity (Wildman–Crippen MR) is 149 cm³/mol. The topological polar surface area (TPSA) is 150 Å². The van der Waals surface area contributed by atoms with E-state index in [-0.39, 0.29) is 31.6 Å². The molecule has 1 aliphatic heterocycles. The number of benzene rings is 2. The third kappa shape index (κ3) is 7.10. The number of aromatic amines is 1. The number of fused-ring (bicyclic) bond motifs is 1. The molecular weight excluding hydrogens is 632 g/mol. The number of methoxy groups -OCH3 is 1. The highest BCUT2D eigenvalue weighted by Gasteiger charge is 2.21. The number of H-pyrrole nitrogens is 1. The smallest absolute Gasteiger partial charge is 0.307 e. The number of aliphatic imine (C=N–C) groups is 1. The summed E-state index contributed by atoms with van der Waals surface area (Å²) < 4.78 is 19.0. The minimum atomic E-state index is -1.06. The number of anilines is 1. The molecule has 1 aromatic heterocycles. The molecule has 5 N–H and O–H groups in total. The van der Waals surface area contributed by atoms with Crippen LogP contribution in [0.3, 0.4) is 0 Å². The average molecular weight is 656 g/mol. The highest BCUT2D eigenvalue weighted by molar-refractivity contribution is 14.1. The molecule has 0 fully saturated rings. The van der Waals surface area contributed by atoms with Crippen molar-refractivity contribution in [3.05, 3.63) is 56.2 Å². The number of carbonyl (C=O) groups is 3. The molecule has 2 heterocycles. The Morgan fingerprint density at radius 3 is 2.79 bits per heavy atom. The molecule has 3 aromatic rings. The van der Waals surface area contributed by atoms with Gasteiger partial charge in [0.2, 0.25) is 5.91 Å². The zero-order chi connectivity index (χ0) is 27.2. The van der Waals surface area contributed by atoms with Crippen molar-refractivity contribution < 1.29 is 23.5 Å². The fourth-order valence-electron chi connectivity index (χ4n) is 3.80. The third-order valence-corrected chi connectivity index (χ3v) is 6.48. The molecule has 1 unspecified atom stereocenters. The summed E-state index contributed by atoms with van der Waals surface area (Å²) in [5, 5.41) is 19.3. The number of hydrogen-bond acceptors (Lipinski definition) is 8. The molecule has 0 spiro atoms. The molecule has 11 nitrogen and oxygen atoms in total. The highest BCUT2D eigenvalue weighted by atomic mass is 127. The van der Waals surface area contributed by atoms with E-state index in [1.165, 1.54) is 7.11 Å². The van der Waals surface area contributed by atoms with Crippen LogP contribution in [0, 0.1) is 3.57 Å². The molecule has 1 aliphatic rings. The first-order valence-corrected chi connectivity index (χ1v) is 12.9. The standard InChI is InChI=1S/C24H24ClFIN7O4/c1-38-22(36)7-18(12-2-14(25)6-16(27)3-12)32-21(35)11-28-23(37)13-4-19(17-10-31-34-20(17)5-13)33-24-29-8-15(26)9-30-24/h2-6,10,15,18H,7-9,11H2,1H3,(H,28,37)(H,31,34)(H,32,35)(H2,29,30,33)/t18-/m0/s1. The van der Waals surface area contributed by atoms with Crippen LogP contribution < -0.4 is 21.3 Å². The van der Waals surface area contributed by atoms with E-state index in [1.54, 1.807) is 36.5 Å². The summed E-state index contributed by atoms with van der Waals surface area (Å²) in [5.41, 5.74) is 2.00. The molecule has 2 atom stereocenters. The highest BCUT2D eigenvalue weighted by Crippen LogP contribution is 2.25. The SMILES string of the molecule is COC(=O)C[C@H](NC(=O)CNC(=O)c1cc(NC2=NCC(F)CN2)c2cn[nH]c2c1)c1cc(Cl)cc(I)c1. The lowest BCUT2D eigenvalue weighted by Gasteiger charge is -2.20. The third-order valence-electron chi connectivity index (χ3n) is 5.64. The second-order valence-electron chi connectivity index (χ2n) is 8.43. The molecule has 2 aromatic carbocycles. The van der Waals surface area contributed by atoms with E-state index < -0.39 is 30.0 Å². The quantitative estimate of drug-likeness (QED) is 0.185. The molecule has 200 valence electrons. The van der Waals surface area contributed by atoms with Crippen molar-refractivity contribution >= 4 is 74.5 Å². The van der Waals surface area contributed by atoms with Gasteiger partial charge in [0.05, 0.1) is 56.6 Å². The van der Waals surface area contributed by atoms with Crippen molar-refractivity contribution in [2.75, 3.05) is 32.1 Å². The monoisotopic (exact) mass is 655 g/mol. The first kappa shape index (κ1) is 27.6. The van der Waals surface area contributed by atoms with E-state index in [2.05, 4.69) is 59.0 Å². The number of guanidine groups is 1. The van der Waals surface area contributed by atoms with Crippen molar-refractivity contribution in [1.29, 1.82) is 0 Å². The maximum absolute atomic E-state index is 13.4. The first-order valence-electron chi connectivity index (χ1n) is 11.5. The van der Waals surface area contributed by atoms with Crippen LogP contribution in [0.15, 0.2) is 41.5 Å². The van der Waals surface area contributed by atoms with E-state index >= 15 is 0 Å². The average Bonchev–Trinajstić information content (AvgIpc) is 3.36. The number of ether oxygens (including phenoxy) is 1. The summed E-state index contributed by atoms with van der Waals surface area (Å²) >= 11 is 8.24. The molecule has 0 aliphatic carbocycles. The lowest BCUT2D eigenvalue weighted by atomic mass is 10.0. The number of alkyl halides is 1. The van der Waals surface area contributed by atoms with Gasteiger partial charge in [0.15, 0.2) is 5.96 Å². The van der Waals surface area contributed by atoms with Crippen LogP contribution in [0.2, 0.25) is 5.02 Å². The van der Waals surface area contributed by atoms with Crippen molar-refractivity contribution in [3.63, 3.8) is 0 Å². The summed E-state index contributed by atoms with van der Waals surface area (Å²) in [7, 11) is 1.26. The largest absolute Gasteiger partial charge is 0.469 e. The van der Waals surface area contributed by atoms with E-state index in [1.807, 2.05) is 0 Å². The van der Waals surface area contributed by atoms with E-state index in [9.17, 15) is 18.8 Å². The van der Waals surface area contributed by atoms with Crippen LogP contribution in [0.5, 0.6) is 0 Å². The number of hydrogen-bond donors (Lipinski definition) is 5. The number of nitrogens with zero attached hydrogens (tertiary/aromatic N) is 2. The van der Waals surface area contributed by atoms with E-state index in [0.29, 0.717) is 33.1 Å². The zero-order valence-electron chi connectivity index (χ0n) is 20.1. The van der Waals surface area contributed by atoms with E-state index in [4.69, 9.17) is 16.3 Å². The van der Waals surface area contributed by atoms with Crippen molar-refractivity contribution in [2.24, 2.45) is 4.99 Å². The minimum absolute atomic E-state index is 0.0322. The maximum Gasteiger partial charge on any atom is 0.307 e. The predicted octanol–water partition coefficient (Wildman–Crippen LogP) is 2.68. The van der Waals surface area contributed by atoms with Gasteiger partial charge in [-0.2, -0.15) is 5.10 Å². The number of nitrogens with one attached hydrogen (secondary N) is 5. The van der Waals surface area contributed by atoms with Crippen LogP contribution in [0.1, 0.15) is 28.4 Å². The normalized spacial score (nSPS) is 15.7. The number of carbonyl (C=O) groups excluding carboxylic acids is 3. The maximum atomic E-state index is 13.4. The second kappa shape index (κ2) is 12.4. The molecule has 14 heteroatoms. The Bertz CT molecular complexity index is 1380. The Morgan fingerprint density at radius 1 is 1.26 bits per heavy atom.